The molecule has 114 valence electrons. The highest BCUT2D eigenvalue weighted by Gasteiger charge is 2.17. The molecule has 0 saturated heterocycles. The van der Waals surface area contributed by atoms with E-state index in [9.17, 15) is 0 Å². The quantitative estimate of drug-likeness (QED) is 0.759. The summed E-state index contributed by atoms with van der Waals surface area (Å²) in [6.07, 6.45) is 2.61. The third-order valence-electron chi connectivity index (χ3n) is 2.93. The highest BCUT2D eigenvalue weighted by Crippen LogP contribution is 2.29. The minimum Gasteiger partial charge on any atom is -0.490 e. The molecule has 1 aromatic heterocycles. The lowest BCUT2D eigenvalue weighted by Crippen LogP contribution is -2.34. The third kappa shape index (κ3) is 4.85. The molecule has 1 aromatic rings. The Kier molecular flexibility index (Phi) is 6.51. The Morgan fingerprint density at radius 1 is 1.25 bits per heavy atom. The lowest BCUT2D eigenvalue weighted by molar-refractivity contribution is 0.354. The summed E-state index contributed by atoms with van der Waals surface area (Å²) < 4.78 is 5.41. The zero-order chi connectivity index (χ0) is 15.1. The van der Waals surface area contributed by atoms with Crippen LogP contribution >= 0.6 is 0 Å². The molecule has 0 saturated carbocycles. The predicted molar refractivity (Wildman–Crippen MR) is 83.6 cm³/mol. The van der Waals surface area contributed by atoms with Crippen LogP contribution in [0.15, 0.2) is 6.33 Å². The van der Waals surface area contributed by atoms with Crippen molar-refractivity contribution < 1.29 is 4.74 Å². The van der Waals surface area contributed by atoms with Crippen LogP contribution < -0.4 is 15.4 Å². The topological polar surface area (TPSA) is 62.3 Å². The van der Waals surface area contributed by atoms with Crippen LogP contribution in [0.1, 0.15) is 20.3 Å². The van der Waals surface area contributed by atoms with Gasteiger partial charge in [0, 0.05) is 19.6 Å². The number of hydrogen-bond acceptors (Lipinski definition) is 6. The fourth-order valence-corrected chi connectivity index (χ4v) is 2.23. The van der Waals surface area contributed by atoms with Crippen molar-refractivity contribution in [3.8, 4) is 5.75 Å². The second-order valence-electron chi connectivity index (χ2n) is 5.59. The second-order valence-corrected chi connectivity index (χ2v) is 5.59. The first-order chi connectivity index (χ1) is 9.47. The lowest BCUT2D eigenvalue weighted by Gasteiger charge is -2.25. The summed E-state index contributed by atoms with van der Waals surface area (Å²) in [5, 5.41) is 6.49. The maximum absolute atomic E-state index is 5.41. The number of ether oxygens (including phenoxy) is 1. The predicted octanol–water partition coefficient (Wildman–Crippen LogP) is 1.92. The minimum absolute atomic E-state index is 0.318. The number of rotatable bonds is 8. The van der Waals surface area contributed by atoms with Crippen LogP contribution in [-0.4, -0.2) is 55.7 Å². The minimum atomic E-state index is 0.318. The Morgan fingerprint density at radius 2 is 1.90 bits per heavy atom. The van der Waals surface area contributed by atoms with E-state index in [2.05, 4.69) is 53.4 Å². The average Bonchev–Trinajstić information content (AvgIpc) is 2.36. The van der Waals surface area contributed by atoms with Gasteiger partial charge in [0.2, 0.25) is 5.75 Å². The highest BCUT2D eigenvalue weighted by molar-refractivity contribution is 5.63. The monoisotopic (exact) mass is 281 g/mol. The third-order valence-corrected chi connectivity index (χ3v) is 2.93. The number of likely N-dealkylation sites (N-methyl/N-ethyl adjacent to an activating group) is 1. The molecule has 6 heteroatoms. The Balaban J connectivity index is 2.92. The van der Waals surface area contributed by atoms with Gasteiger partial charge in [-0.25, -0.2) is 9.97 Å². The van der Waals surface area contributed by atoms with Crippen LogP contribution in [0.2, 0.25) is 0 Å². The van der Waals surface area contributed by atoms with E-state index in [4.69, 9.17) is 4.74 Å². The first kappa shape index (κ1) is 16.5. The first-order valence-corrected chi connectivity index (χ1v) is 6.95. The van der Waals surface area contributed by atoms with Crippen LogP contribution in [0.25, 0.3) is 0 Å². The van der Waals surface area contributed by atoms with E-state index >= 15 is 0 Å². The molecule has 0 bridgehead atoms. The summed E-state index contributed by atoms with van der Waals surface area (Å²) in [5.41, 5.74) is 0. The van der Waals surface area contributed by atoms with Gasteiger partial charge < -0.3 is 20.3 Å². The molecule has 2 N–H and O–H groups in total. The van der Waals surface area contributed by atoms with Crippen LogP contribution in [0.3, 0.4) is 0 Å². The molecule has 0 aromatic carbocycles. The molecule has 0 amide bonds. The molecular formula is C14H27N5O. The molecule has 0 aliphatic carbocycles. The average molecular weight is 281 g/mol. The number of hydrogen-bond donors (Lipinski definition) is 2. The Hall–Kier alpha value is -1.56. The van der Waals surface area contributed by atoms with Gasteiger partial charge in [0.25, 0.3) is 0 Å². The molecule has 0 aliphatic rings. The number of methoxy groups -OCH3 is 1. The highest BCUT2D eigenvalue weighted by atomic mass is 16.5. The summed E-state index contributed by atoms with van der Waals surface area (Å²) in [6, 6.07) is 0.318. The maximum atomic E-state index is 5.41. The standard InChI is InChI=1S/C14H27N5O/c1-10(2)7-11(8-19(4)5)18-14-12(20-6)13(15-3)16-9-17-14/h9-11H,7-8H2,1-6H3,(H2,15,16,17,18). The summed E-state index contributed by atoms with van der Waals surface area (Å²) in [6.45, 7) is 5.39. The zero-order valence-electron chi connectivity index (χ0n) is 13.4. The Morgan fingerprint density at radius 3 is 2.40 bits per heavy atom. The summed E-state index contributed by atoms with van der Waals surface area (Å²) >= 11 is 0. The van der Waals surface area contributed by atoms with E-state index in [0.717, 1.165) is 18.8 Å². The second kappa shape index (κ2) is 7.89. The largest absolute Gasteiger partial charge is 0.490 e. The molecule has 0 radical (unpaired) electrons. The van der Waals surface area contributed by atoms with E-state index in [1.54, 1.807) is 13.4 Å². The van der Waals surface area contributed by atoms with E-state index in [0.29, 0.717) is 23.5 Å². The smallest absolute Gasteiger partial charge is 0.204 e. The fraction of sp³-hybridized carbons (Fsp3) is 0.714. The number of nitrogens with one attached hydrogen (secondary N) is 2. The van der Waals surface area contributed by atoms with Gasteiger partial charge >= 0.3 is 0 Å². The van der Waals surface area contributed by atoms with Gasteiger partial charge in [-0.1, -0.05) is 13.8 Å². The Bertz CT molecular complexity index is 399. The molecule has 1 rings (SSSR count). The molecule has 0 spiro atoms. The molecule has 1 unspecified atom stereocenters. The van der Waals surface area contributed by atoms with Gasteiger partial charge in [-0.05, 0) is 26.4 Å². The van der Waals surface area contributed by atoms with Gasteiger partial charge in [0.1, 0.15) is 6.33 Å². The van der Waals surface area contributed by atoms with E-state index in [-0.39, 0.29) is 0 Å². The lowest BCUT2D eigenvalue weighted by atomic mass is 10.0. The van der Waals surface area contributed by atoms with E-state index < -0.39 is 0 Å². The SMILES string of the molecule is CNc1ncnc(NC(CC(C)C)CN(C)C)c1OC. The number of aromatic nitrogens is 2. The first-order valence-electron chi connectivity index (χ1n) is 6.95. The van der Waals surface area contributed by atoms with Crippen LogP contribution in [0, 0.1) is 5.92 Å². The van der Waals surface area contributed by atoms with Crippen molar-refractivity contribution >= 4 is 11.6 Å². The van der Waals surface area contributed by atoms with Gasteiger partial charge in [-0.15, -0.1) is 0 Å². The summed E-state index contributed by atoms with van der Waals surface area (Å²) in [7, 11) is 7.60. The van der Waals surface area contributed by atoms with Crippen molar-refractivity contribution in [2.24, 2.45) is 5.92 Å². The van der Waals surface area contributed by atoms with Crippen molar-refractivity contribution in [2.45, 2.75) is 26.3 Å². The maximum Gasteiger partial charge on any atom is 0.204 e. The zero-order valence-corrected chi connectivity index (χ0v) is 13.4. The van der Waals surface area contributed by atoms with Crippen LogP contribution in [0.5, 0.6) is 5.75 Å². The van der Waals surface area contributed by atoms with Gasteiger partial charge in [-0.3, -0.25) is 0 Å². The molecule has 6 nitrogen and oxygen atoms in total. The molecule has 1 atom stereocenters. The van der Waals surface area contributed by atoms with Crippen LogP contribution in [-0.2, 0) is 0 Å². The fourth-order valence-electron chi connectivity index (χ4n) is 2.23. The van der Waals surface area contributed by atoms with E-state index in [1.165, 1.54) is 0 Å². The van der Waals surface area contributed by atoms with Gasteiger partial charge in [0.15, 0.2) is 11.6 Å². The van der Waals surface area contributed by atoms with Crippen molar-refractivity contribution in [3.63, 3.8) is 0 Å². The summed E-state index contributed by atoms with van der Waals surface area (Å²) in [4.78, 5) is 10.6. The molecule has 0 fully saturated rings. The van der Waals surface area contributed by atoms with Crippen molar-refractivity contribution in [1.29, 1.82) is 0 Å². The van der Waals surface area contributed by atoms with Crippen molar-refractivity contribution in [3.05, 3.63) is 6.33 Å². The normalized spacial score (nSPS) is 12.6. The Labute approximate surface area is 121 Å². The van der Waals surface area contributed by atoms with Gasteiger partial charge in [-0.2, -0.15) is 0 Å². The van der Waals surface area contributed by atoms with E-state index in [1.807, 2.05) is 7.05 Å². The van der Waals surface area contributed by atoms with Gasteiger partial charge in [0.05, 0.1) is 7.11 Å². The summed E-state index contributed by atoms with van der Waals surface area (Å²) in [5.74, 6) is 2.70. The molecular weight excluding hydrogens is 254 g/mol. The van der Waals surface area contributed by atoms with Crippen molar-refractivity contribution in [1.82, 2.24) is 14.9 Å². The molecule has 0 aliphatic heterocycles. The number of nitrogens with zero attached hydrogens (tertiary/aromatic N) is 3. The molecule has 1 heterocycles. The van der Waals surface area contributed by atoms with Crippen LogP contribution in [0.4, 0.5) is 11.6 Å². The molecule has 20 heavy (non-hydrogen) atoms. The number of anilines is 2. The van der Waals surface area contributed by atoms with Crippen molar-refractivity contribution in [2.75, 3.05) is 45.4 Å².